The van der Waals surface area contributed by atoms with Crippen LogP contribution in [-0.2, 0) is 4.79 Å². The second-order valence-corrected chi connectivity index (χ2v) is 4.20. The highest BCUT2D eigenvalue weighted by Gasteiger charge is 2.10. The van der Waals surface area contributed by atoms with E-state index in [1.807, 2.05) is 0 Å². The lowest BCUT2D eigenvalue weighted by Gasteiger charge is -2.05. The molecule has 0 saturated carbocycles. The third-order valence-electron chi connectivity index (χ3n) is 1.83. The van der Waals surface area contributed by atoms with Gasteiger partial charge in [-0.2, -0.15) is 0 Å². The first-order valence-corrected chi connectivity index (χ1v) is 5.45. The second kappa shape index (κ2) is 5.72. The highest BCUT2D eigenvalue weighted by molar-refractivity contribution is 7.99. The topological polar surface area (TPSA) is 63.3 Å². The molecule has 0 amide bonds. The summed E-state index contributed by atoms with van der Waals surface area (Å²) in [6.07, 6.45) is 0.400. The van der Waals surface area contributed by atoms with Crippen molar-refractivity contribution in [1.29, 1.82) is 0 Å². The average Bonchev–Trinajstić information content (AvgIpc) is 2.20. The van der Waals surface area contributed by atoms with Crippen LogP contribution in [0.15, 0.2) is 29.2 Å². The molecule has 0 fully saturated rings. The normalized spacial score (nSPS) is 12.4. The molecule has 15 heavy (non-hydrogen) atoms. The highest BCUT2D eigenvalue weighted by Crippen LogP contribution is 2.19. The molecule has 82 valence electrons. The Kier molecular flexibility index (Phi) is 4.58. The highest BCUT2D eigenvalue weighted by atomic mass is 32.2. The molecule has 3 nitrogen and oxygen atoms in total. The van der Waals surface area contributed by atoms with E-state index in [4.69, 9.17) is 10.8 Å². The van der Waals surface area contributed by atoms with E-state index in [-0.39, 0.29) is 5.82 Å². The number of rotatable bonds is 5. The van der Waals surface area contributed by atoms with E-state index in [1.165, 1.54) is 23.9 Å². The Bertz CT molecular complexity index is 329. The molecular weight excluding hydrogens is 217 g/mol. The fraction of sp³-hybridized carbons (Fsp3) is 0.300. The predicted molar refractivity (Wildman–Crippen MR) is 57.4 cm³/mol. The van der Waals surface area contributed by atoms with E-state index < -0.39 is 12.0 Å². The van der Waals surface area contributed by atoms with Crippen LogP contribution in [0.4, 0.5) is 4.39 Å². The van der Waals surface area contributed by atoms with Gasteiger partial charge in [-0.05, 0) is 30.7 Å². The summed E-state index contributed by atoms with van der Waals surface area (Å²) >= 11 is 1.46. The fourth-order valence-electron chi connectivity index (χ4n) is 0.958. The van der Waals surface area contributed by atoms with Crippen LogP contribution >= 0.6 is 11.8 Å². The van der Waals surface area contributed by atoms with Crippen molar-refractivity contribution in [2.24, 2.45) is 5.73 Å². The third kappa shape index (κ3) is 4.31. The molecule has 0 bridgehead atoms. The first-order chi connectivity index (χ1) is 7.09. The zero-order valence-corrected chi connectivity index (χ0v) is 8.84. The Labute approximate surface area is 91.5 Å². The number of nitrogens with two attached hydrogens (primary N) is 1. The Hall–Kier alpha value is -1.07. The summed E-state index contributed by atoms with van der Waals surface area (Å²) in [5.41, 5.74) is 5.33. The summed E-state index contributed by atoms with van der Waals surface area (Å²) < 4.78 is 12.5. The number of carboxylic acid groups (broad SMARTS) is 1. The second-order valence-electron chi connectivity index (χ2n) is 3.04. The molecule has 1 aromatic carbocycles. The van der Waals surface area contributed by atoms with Crippen molar-refractivity contribution in [3.8, 4) is 0 Å². The Balaban J connectivity index is 2.32. The molecule has 1 rings (SSSR count). The van der Waals surface area contributed by atoms with Gasteiger partial charge in [-0.15, -0.1) is 11.8 Å². The molecule has 5 heteroatoms. The van der Waals surface area contributed by atoms with Crippen molar-refractivity contribution in [1.82, 2.24) is 0 Å². The summed E-state index contributed by atoms with van der Waals surface area (Å²) in [5, 5.41) is 8.53. The van der Waals surface area contributed by atoms with Crippen LogP contribution in [0, 0.1) is 5.82 Å². The Morgan fingerprint density at radius 1 is 1.47 bits per heavy atom. The van der Waals surface area contributed by atoms with Crippen molar-refractivity contribution < 1.29 is 14.3 Å². The SMILES string of the molecule is NC(CCSc1ccc(F)cc1)C(=O)O. The van der Waals surface area contributed by atoms with Gasteiger partial charge in [-0.1, -0.05) is 0 Å². The van der Waals surface area contributed by atoms with E-state index in [2.05, 4.69) is 0 Å². The van der Waals surface area contributed by atoms with Crippen molar-refractivity contribution in [3.63, 3.8) is 0 Å². The molecule has 0 aliphatic carbocycles. The molecule has 1 aromatic rings. The van der Waals surface area contributed by atoms with Crippen LogP contribution in [0.3, 0.4) is 0 Å². The lowest BCUT2D eigenvalue weighted by atomic mass is 10.2. The van der Waals surface area contributed by atoms with E-state index in [1.54, 1.807) is 12.1 Å². The Morgan fingerprint density at radius 2 is 2.07 bits per heavy atom. The van der Waals surface area contributed by atoms with Gasteiger partial charge in [0, 0.05) is 10.6 Å². The minimum absolute atomic E-state index is 0.276. The number of hydrogen-bond acceptors (Lipinski definition) is 3. The minimum atomic E-state index is -0.991. The van der Waals surface area contributed by atoms with Gasteiger partial charge in [-0.25, -0.2) is 4.39 Å². The summed E-state index contributed by atoms with van der Waals surface area (Å²) in [6, 6.07) is 5.25. The number of thioether (sulfide) groups is 1. The molecule has 0 spiro atoms. The lowest BCUT2D eigenvalue weighted by molar-refractivity contribution is -0.138. The summed E-state index contributed by atoms with van der Waals surface area (Å²) in [7, 11) is 0. The van der Waals surface area contributed by atoms with Crippen LogP contribution in [0.5, 0.6) is 0 Å². The van der Waals surface area contributed by atoms with Gasteiger partial charge in [-0.3, -0.25) is 4.79 Å². The van der Waals surface area contributed by atoms with Gasteiger partial charge in [0.15, 0.2) is 0 Å². The summed E-state index contributed by atoms with van der Waals surface area (Å²) in [5.74, 6) is -0.657. The van der Waals surface area contributed by atoms with Gasteiger partial charge in [0.05, 0.1) is 0 Å². The fourth-order valence-corrected chi connectivity index (χ4v) is 1.89. The molecule has 0 heterocycles. The van der Waals surface area contributed by atoms with E-state index >= 15 is 0 Å². The number of carboxylic acids is 1. The van der Waals surface area contributed by atoms with Crippen LogP contribution in [0.25, 0.3) is 0 Å². The van der Waals surface area contributed by atoms with E-state index in [0.29, 0.717) is 12.2 Å². The molecule has 0 aromatic heterocycles. The molecular formula is C10H12FNO2S. The van der Waals surface area contributed by atoms with Crippen LogP contribution < -0.4 is 5.73 Å². The van der Waals surface area contributed by atoms with Gasteiger partial charge < -0.3 is 10.8 Å². The smallest absolute Gasteiger partial charge is 0.320 e. The van der Waals surface area contributed by atoms with E-state index in [0.717, 1.165) is 4.90 Å². The van der Waals surface area contributed by atoms with Crippen molar-refractivity contribution >= 4 is 17.7 Å². The van der Waals surface area contributed by atoms with Gasteiger partial charge >= 0.3 is 5.97 Å². The average molecular weight is 229 g/mol. The minimum Gasteiger partial charge on any atom is -0.480 e. The molecule has 0 radical (unpaired) electrons. The van der Waals surface area contributed by atoms with Crippen molar-refractivity contribution in [2.45, 2.75) is 17.4 Å². The van der Waals surface area contributed by atoms with Crippen LogP contribution in [-0.4, -0.2) is 22.9 Å². The van der Waals surface area contributed by atoms with Crippen LogP contribution in [0.1, 0.15) is 6.42 Å². The zero-order valence-electron chi connectivity index (χ0n) is 8.02. The largest absolute Gasteiger partial charge is 0.480 e. The molecule has 0 aliphatic heterocycles. The maximum atomic E-state index is 12.5. The molecule has 1 unspecified atom stereocenters. The molecule has 0 saturated heterocycles. The number of aliphatic carboxylic acids is 1. The Morgan fingerprint density at radius 3 is 2.60 bits per heavy atom. The zero-order chi connectivity index (χ0) is 11.3. The van der Waals surface area contributed by atoms with Gasteiger partial charge in [0.2, 0.25) is 0 Å². The van der Waals surface area contributed by atoms with Gasteiger partial charge in [0.1, 0.15) is 11.9 Å². The standard InChI is InChI=1S/C10H12FNO2S/c11-7-1-3-8(4-2-7)15-6-5-9(12)10(13)14/h1-4,9H,5-6,12H2,(H,13,14). The lowest BCUT2D eigenvalue weighted by Crippen LogP contribution is -2.30. The molecule has 1 atom stereocenters. The number of halogens is 1. The maximum absolute atomic E-state index is 12.5. The maximum Gasteiger partial charge on any atom is 0.320 e. The van der Waals surface area contributed by atoms with Gasteiger partial charge in [0.25, 0.3) is 0 Å². The molecule has 0 aliphatic rings. The number of benzene rings is 1. The first kappa shape index (κ1) is 12.0. The number of carbonyl (C=O) groups is 1. The molecule has 3 N–H and O–H groups in total. The monoisotopic (exact) mass is 229 g/mol. The quantitative estimate of drug-likeness (QED) is 0.755. The van der Waals surface area contributed by atoms with E-state index in [9.17, 15) is 9.18 Å². The first-order valence-electron chi connectivity index (χ1n) is 4.46. The summed E-state index contributed by atoms with van der Waals surface area (Å²) in [6.45, 7) is 0. The van der Waals surface area contributed by atoms with Crippen molar-refractivity contribution in [2.75, 3.05) is 5.75 Å². The predicted octanol–water partition coefficient (Wildman–Crippen LogP) is 1.72. The number of hydrogen-bond donors (Lipinski definition) is 2. The summed E-state index contributed by atoms with van der Waals surface area (Å²) in [4.78, 5) is 11.3. The van der Waals surface area contributed by atoms with Crippen molar-refractivity contribution in [3.05, 3.63) is 30.1 Å². The third-order valence-corrected chi connectivity index (χ3v) is 2.87. The van der Waals surface area contributed by atoms with Crippen LogP contribution in [0.2, 0.25) is 0 Å².